The van der Waals surface area contributed by atoms with Crippen molar-refractivity contribution in [3.05, 3.63) is 72.0 Å². The fourth-order valence-corrected chi connectivity index (χ4v) is 8.14. The van der Waals surface area contributed by atoms with Crippen LogP contribution in [0.3, 0.4) is 0 Å². The fraction of sp³-hybridized carbons (Fsp3) is 0.0741. The maximum atomic E-state index is 13.9. The number of benzene rings is 4. The average molecular weight is 918 g/mol. The summed E-state index contributed by atoms with van der Waals surface area (Å²) >= 11 is 6.07. The molecule has 0 saturated heterocycles. The second kappa shape index (κ2) is 17.1. The van der Waals surface area contributed by atoms with E-state index in [1.807, 2.05) is 0 Å². The number of rotatable bonds is 14. The summed E-state index contributed by atoms with van der Waals surface area (Å²) in [6.07, 6.45) is 0. The quantitative estimate of drug-likeness (QED) is 0.0484. The second-order valence-corrected chi connectivity index (χ2v) is 18.5. The van der Waals surface area contributed by atoms with E-state index in [9.17, 15) is 60.9 Å². The molecule has 0 aliphatic rings. The number of aromatic nitrogens is 3. The summed E-state index contributed by atoms with van der Waals surface area (Å²) in [4.78, 5) is 8.60. The summed E-state index contributed by atoms with van der Waals surface area (Å²) in [5.74, 6) is -3.00. The second-order valence-electron chi connectivity index (χ2n) is 10.8. The molecular formula is C27H21ClN7NaO16S5. The molecule has 0 unspecified atom stereocenters. The van der Waals surface area contributed by atoms with E-state index in [0.717, 1.165) is 24.3 Å². The van der Waals surface area contributed by atoms with Crippen LogP contribution in [0.15, 0.2) is 96.5 Å². The van der Waals surface area contributed by atoms with E-state index < -0.39 is 122 Å². The Bertz CT molecular complexity index is 3000. The summed E-state index contributed by atoms with van der Waals surface area (Å²) in [6.45, 7) is -0.866. The van der Waals surface area contributed by atoms with Crippen molar-refractivity contribution in [1.82, 2.24) is 15.0 Å². The van der Waals surface area contributed by atoms with Crippen molar-refractivity contribution in [2.24, 2.45) is 10.2 Å². The molecular weight excluding hydrogens is 897 g/mol. The predicted octanol–water partition coefficient (Wildman–Crippen LogP) is -0.00840. The minimum absolute atomic E-state index is 0. The van der Waals surface area contributed by atoms with Crippen molar-refractivity contribution in [1.29, 1.82) is 0 Å². The molecule has 5 aromatic rings. The van der Waals surface area contributed by atoms with Crippen molar-refractivity contribution in [2.75, 3.05) is 23.0 Å². The van der Waals surface area contributed by atoms with Gasteiger partial charge in [0.25, 0.3) is 30.4 Å². The minimum Gasteiger partial charge on any atom is -0.870 e. The molecule has 6 N–H and O–H groups in total. The number of nitrogens with one attached hydrogen (secondary N) is 2. The van der Waals surface area contributed by atoms with E-state index in [4.69, 9.17) is 16.2 Å². The zero-order valence-electron chi connectivity index (χ0n) is 28.1. The number of nitrogens with zero attached hydrogens (tertiary/aromatic N) is 5. The van der Waals surface area contributed by atoms with E-state index in [-0.39, 0.29) is 46.1 Å². The van der Waals surface area contributed by atoms with Gasteiger partial charge in [0.05, 0.1) is 27.8 Å². The topological polar surface area (TPSA) is 371 Å². The Hall–Kier alpha value is -4.01. The molecule has 23 nitrogen and oxygen atoms in total. The number of sulfone groups is 1. The monoisotopic (exact) mass is 917 g/mol. The Kier molecular flexibility index (Phi) is 13.7. The van der Waals surface area contributed by atoms with Crippen molar-refractivity contribution in [2.45, 2.75) is 19.6 Å². The van der Waals surface area contributed by atoms with Crippen LogP contribution in [-0.4, -0.2) is 87.6 Å². The largest absolute Gasteiger partial charge is 1.00 e. The molecule has 1 heterocycles. The molecule has 0 aliphatic carbocycles. The number of azo groups is 1. The van der Waals surface area contributed by atoms with Crippen LogP contribution in [0.4, 0.5) is 34.6 Å². The number of fused-ring (bicyclic) bond motifs is 1. The van der Waals surface area contributed by atoms with E-state index in [1.165, 1.54) is 24.3 Å². The number of hydrogen-bond acceptors (Lipinski definition) is 19. The Morgan fingerprint density at radius 3 is 1.88 bits per heavy atom. The Morgan fingerprint density at radius 2 is 1.30 bits per heavy atom. The fourth-order valence-electron chi connectivity index (χ4n) is 4.67. The molecule has 0 amide bonds. The van der Waals surface area contributed by atoms with Crippen molar-refractivity contribution in [3.8, 4) is 5.75 Å². The summed E-state index contributed by atoms with van der Waals surface area (Å²) in [7, 11) is -24.3. The molecule has 0 fully saturated rings. The molecule has 0 spiro atoms. The summed E-state index contributed by atoms with van der Waals surface area (Å²) in [5, 5.41) is 24.6. The molecule has 0 atom stereocenters. The third-order valence-electron chi connectivity index (χ3n) is 6.99. The summed E-state index contributed by atoms with van der Waals surface area (Å²) in [6, 6.07) is 11.2. The third kappa shape index (κ3) is 11.6. The first-order chi connectivity index (χ1) is 25.8. The molecule has 0 aliphatic heterocycles. The van der Waals surface area contributed by atoms with Crippen molar-refractivity contribution >= 4 is 108 Å². The van der Waals surface area contributed by atoms with E-state index in [0.29, 0.717) is 18.2 Å². The Balaban J connectivity index is 0.00000720. The molecule has 0 bridgehead atoms. The van der Waals surface area contributed by atoms with Gasteiger partial charge in [0.2, 0.25) is 17.2 Å². The van der Waals surface area contributed by atoms with Crippen molar-refractivity contribution < 1.29 is 99.1 Å². The first-order valence-corrected chi connectivity index (χ1v) is 22.2. The van der Waals surface area contributed by atoms with Crippen LogP contribution in [0.5, 0.6) is 5.75 Å². The molecule has 30 heteroatoms. The standard InChI is InChI=1S/C27H22ClN7O16S5.Na/c28-25-31-26(29-15-5-7-16(8-6-15)52(37,38)10-9-51-56(48,49)50)33-27(32-25)30-19-13-17(53(39,40)41)11-14-12-21(55(45,46)47)23(24(36)22(14)19)35-34-18-3-1-2-4-20(18)54(42,43)44;/h1-8,11-13,36H,9-10H2,(H,39,40,41)(H,42,43,44)(H,45,46,47)(H,48,49,50)(H2,29,30,31,32,33);/q;+1/p-1. The minimum atomic E-state index is -5.35. The van der Waals surface area contributed by atoms with Crippen molar-refractivity contribution in [3.63, 3.8) is 0 Å². The van der Waals surface area contributed by atoms with Crippen LogP contribution in [0.25, 0.3) is 10.8 Å². The van der Waals surface area contributed by atoms with Gasteiger partial charge >= 0.3 is 40.0 Å². The van der Waals surface area contributed by atoms with E-state index in [2.05, 4.69) is 40.0 Å². The maximum Gasteiger partial charge on any atom is 1.00 e. The number of hydrogen-bond donors (Lipinski definition) is 6. The smallest absolute Gasteiger partial charge is 0.870 e. The molecule has 4 aromatic carbocycles. The summed E-state index contributed by atoms with van der Waals surface area (Å²) in [5.41, 5.74) is -2.05. The maximum absolute atomic E-state index is 13.9. The van der Waals surface area contributed by atoms with Crippen LogP contribution >= 0.6 is 11.6 Å². The average Bonchev–Trinajstić information content (AvgIpc) is 3.05. The molecule has 0 saturated carbocycles. The normalized spacial score (nSPS) is 12.7. The van der Waals surface area contributed by atoms with Gasteiger partial charge in [-0.15, -0.1) is 10.2 Å². The van der Waals surface area contributed by atoms with Crippen LogP contribution in [0, 0.1) is 0 Å². The molecule has 0 radical (unpaired) electrons. The van der Waals surface area contributed by atoms with Gasteiger partial charge in [0, 0.05) is 11.4 Å². The van der Waals surface area contributed by atoms with Gasteiger partial charge in [-0.25, -0.2) is 12.6 Å². The van der Waals surface area contributed by atoms with Gasteiger partial charge in [0.1, 0.15) is 15.5 Å². The molecule has 57 heavy (non-hydrogen) atoms. The molecule has 5 rings (SSSR count). The van der Waals surface area contributed by atoms with Crippen LogP contribution in [0.2, 0.25) is 5.28 Å². The van der Waals surface area contributed by atoms with E-state index >= 15 is 0 Å². The van der Waals surface area contributed by atoms with Gasteiger partial charge in [-0.05, 0) is 77.0 Å². The molecule has 1 aromatic heterocycles. The number of anilines is 4. The SMILES string of the molecule is O=S(=O)(O)OCCS(=O)(=O)c1ccc(Nc2nc(Cl)nc(Nc3cc(S(=O)(=O)O)cc4cc(S(=O)(=O)O)c(N=Nc5ccccc5S(=O)(=O)O)c([O-])c34)n2)cc1.[Na+]. The Labute approximate surface area is 349 Å². The first-order valence-electron chi connectivity index (χ1n) is 14.5. The van der Waals surface area contributed by atoms with Crippen LogP contribution in [-0.2, 0) is 54.8 Å². The zero-order chi connectivity index (χ0) is 41.4. The predicted molar refractivity (Wildman–Crippen MR) is 191 cm³/mol. The van der Waals surface area contributed by atoms with E-state index in [1.54, 1.807) is 0 Å². The third-order valence-corrected chi connectivity index (χ3v) is 11.9. The van der Waals surface area contributed by atoms with Gasteiger partial charge in [-0.2, -0.15) is 48.6 Å². The molecule has 298 valence electrons. The first kappa shape index (κ1) is 45.7. The summed E-state index contributed by atoms with van der Waals surface area (Å²) < 4.78 is 161. The number of halogens is 1. The van der Waals surface area contributed by atoms with Gasteiger partial charge in [-0.1, -0.05) is 17.9 Å². The van der Waals surface area contributed by atoms with Gasteiger partial charge in [-0.3, -0.25) is 18.2 Å². The van der Waals surface area contributed by atoms with Gasteiger partial charge < -0.3 is 15.7 Å². The van der Waals surface area contributed by atoms with Crippen LogP contribution < -0.4 is 45.3 Å². The zero-order valence-corrected chi connectivity index (χ0v) is 34.9. The van der Waals surface area contributed by atoms with Crippen LogP contribution in [0.1, 0.15) is 0 Å². The Morgan fingerprint density at radius 1 is 0.702 bits per heavy atom. The van der Waals surface area contributed by atoms with Gasteiger partial charge in [0.15, 0.2) is 9.84 Å².